The number of nitrogens with zero attached hydrogens (tertiary/aromatic N) is 1. The van der Waals surface area contributed by atoms with Crippen LogP contribution in [-0.2, 0) is 4.79 Å². The number of hydrogen-bond acceptors (Lipinski definition) is 3. The van der Waals surface area contributed by atoms with Crippen molar-refractivity contribution in [1.29, 1.82) is 0 Å². The summed E-state index contributed by atoms with van der Waals surface area (Å²) in [5.41, 5.74) is 7.70. The number of carbonyl (C=O) groups excluding carboxylic acids is 2. The van der Waals surface area contributed by atoms with Gasteiger partial charge < -0.3 is 16.0 Å². The Morgan fingerprint density at radius 2 is 2.05 bits per heavy atom. The van der Waals surface area contributed by atoms with Gasteiger partial charge in [-0.1, -0.05) is 15.9 Å². The molecule has 1 aromatic rings. The number of nitrogens with one attached hydrogen (secondary N) is 1. The van der Waals surface area contributed by atoms with Crippen LogP contribution in [0, 0.1) is 6.92 Å². The van der Waals surface area contributed by atoms with E-state index in [4.69, 9.17) is 5.73 Å². The van der Waals surface area contributed by atoms with Crippen LogP contribution in [-0.4, -0.2) is 37.4 Å². The highest BCUT2D eigenvalue weighted by molar-refractivity contribution is 9.10. The number of amides is 2. The van der Waals surface area contributed by atoms with Crippen molar-refractivity contribution in [3.05, 3.63) is 27.7 Å². The molecular weight excluding hydrogens is 310 g/mol. The minimum absolute atomic E-state index is 0.0925. The predicted octanol–water partition coefficient (Wildman–Crippen LogP) is 1.55. The van der Waals surface area contributed by atoms with Crippen LogP contribution >= 0.6 is 15.9 Å². The number of carbonyl (C=O) groups is 2. The minimum atomic E-state index is -0.144. The fourth-order valence-electron chi connectivity index (χ4n) is 1.62. The first-order chi connectivity index (χ1) is 8.86. The summed E-state index contributed by atoms with van der Waals surface area (Å²) >= 11 is 3.32. The molecule has 6 heteroatoms. The number of nitrogens with two attached hydrogens (primary N) is 1. The summed E-state index contributed by atoms with van der Waals surface area (Å²) in [5, 5.41) is 2.52. The average molecular weight is 328 g/mol. The van der Waals surface area contributed by atoms with Gasteiger partial charge in [-0.15, -0.1) is 0 Å². The van der Waals surface area contributed by atoms with E-state index in [1.165, 1.54) is 4.90 Å². The van der Waals surface area contributed by atoms with Crippen molar-refractivity contribution < 1.29 is 9.59 Å². The van der Waals surface area contributed by atoms with Gasteiger partial charge in [-0.3, -0.25) is 9.59 Å². The zero-order chi connectivity index (χ0) is 14.6. The Hall–Kier alpha value is -1.56. The van der Waals surface area contributed by atoms with E-state index in [0.717, 1.165) is 10.0 Å². The molecule has 0 aliphatic heterocycles. The molecule has 0 aromatic heterocycles. The van der Waals surface area contributed by atoms with Crippen LogP contribution in [0.15, 0.2) is 16.6 Å². The Balaban J connectivity index is 2.85. The molecule has 104 valence electrons. The summed E-state index contributed by atoms with van der Waals surface area (Å²) in [7, 11) is 3.24. The molecule has 19 heavy (non-hydrogen) atoms. The second-order valence-electron chi connectivity index (χ2n) is 4.32. The number of rotatable bonds is 4. The molecule has 3 N–H and O–H groups in total. The van der Waals surface area contributed by atoms with Crippen molar-refractivity contribution in [3.63, 3.8) is 0 Å². The van der Waals surface area contributed by atoms with Gasteiger partial charge in [0.25, 0.3) is 5.91 Å². The van der Waals surface area contributed by atoms with Gasteiger partial charge in [0.1, 0.15) is 0 Å². The number of nitrogen functional groups attached to an aromatic ring is 1. The molecule has 0 unspecified atom stereocenters. The van der Waals surface area contributed by atoms with E-state index < -0.39 is 0 Å². The maximum absolute atomic E-state index is 12.3. The molecule has 1 aromatic carbocycles. The van der Waals surface area contributed by atoms with Crippen LogP contribution in [0.2, 0.25) is 0 Å². The zero-order valence-corrected chi connectivity index (χ0v) is 12.9. The summed E-state index contributed by atoms with van der Waals surface area (Å²) in [6.45, 7) is 2.17. The topological polar surface area (TPSA) is 75.4 Å². The lowest BCUT2D eigenvalue weighted by Crippen LogP contribution is -2.31. The van der Waals surface area contributed by atoms with Gasteiger partial charge in [-0.05, 0) is 24.6 Å². The van der Waals surface area contributed by atoms with Crippen LogP contribution < -0.4 is 11.1 Å². The molecular formula is C13H18BrN3O2. The van der Waals surface area contributed by atoms with E-state index in [2.05, 4.69) is 21.2 Å². The van der Waals surface area contributed by atoms with Crippen LogP contribution in [0.3, 0.4) is 0 Å². The van der Waals surface area contributed by atoms with Gasteiger partial charge in [-0.2, -0.15) is 0 Å². The molecule has 2 amide bonds. The number of benzene rings is 1. The summed E-state index contributed by atoms with van der Waals surface area (Å²) in [5.74, 6) is -0.237. The molecule has 1 rings (SSSR count). The van der Waals surface area contributed by atoms with E-state index in [9.17, 15) is 9.59 Å². The van der Waals surface area contributed by atoms with E-state index in [0.29, 0.717) is 17.8 Å². The second kappa shape index (κ2) is 6.56. The van der Waals surface area contributed by atoms with Crippen LogP contribution in [0.4, 0.5) is 5.69 Å². The predicted molar refractivity (Wildman–Crippen MR) is 78.9 cm³/mol. The van der Waals surface area contributed by atoms with Crippen molar-refractivity contribution in [2.75, 3.05) is 26.4 Å². The molecule has 0 aliphatic rings. The minimum Gasteiger partial charge on any atom is -0.398 e. The standard InChI is InChI=1S/C13H18BrN3O2/c1-8-10(6-9(14)7-11(8)15)13(19)17(3)5-4-12(18)16-2/h6-7H,4-5,15H2,1-3H3,(H,16,18). The Bertz CT molecular complexity index is 503. The third-order valence-electron chi connectivity index (χ3n) is 2.94. The molecule has 0 bridgehead atoms. The molecule has 0 heterocycles. The Morgan fingerprint density at radius 1 is 1.42 bits per heavy atom. The first kappa shape index (κ1) is 15.5. The number of anilines is 1. The summed E-state index contributed by atoms with van der Waals surface area (Å²) in [6.07, 6.45) is 0.279. The Labute approximate surface area is 121 Å². The molecule has 5 nitrogen and oxygen atoms in total. The molecule has 0 atom stereocenters. The SMILES string of the molecule is CNC(=O)CCN(C)C(=O)c1cc(Br)cc(N)c1C. The van der Waals surface area contributed by atoms with Gasteiger partial charge in [0, 0.05) is 42.8 Å². The lowest BCUT2D eigenvalue weighted by Gasteiger charge is -2.18. The Morgan fingerprint density at radius 3 is 2.63 bits per heavy atom. The maximum atomic E-state index is 12.3. The number of hydrogen-bond donors (Lipinski definition) is 2. The van der Waals surface area contributed by atoms with Crippen molar-refractivity contribution in [2.45, 2.75) is 13.3 Å². The molecule has 0 saturated heterocycles. The van der Waals surface area contributed by atoms with Gasteiger partial charge in [-0.25, -0.2) is 0 Å². The maximum Gasteiger partial charge on any atom is 0.253 e. The Kier molecular flexibility index (Phi) is 5.35. The lowest BCUT2D eigenvalue weighted by atomic mass is 10.1. The first-order valence-electron chi connectivity index (χ1n) is 5.88. The summed E-state index contributed by atoms with van der Waals surface area (Å²) in [6, 6.07) is 3.50. The molecule has 0 radical (unpaired) electrons. The summed E-state index contributed by atoms with van der Waals surface area (Å²) < 4.78 is 0.763. The van der Waals surface area contributed by atoms with Gasteiger partial charge in [0.05, 0.1) is 0 Å². The fraction of sp³-hybridized carbons (Fsp3) is 0.385. The highest BCUT2D eigenvalue weighted by Crippen LogP contribution is 2.23. The second-order valence-corrected chi connectivity index (χ2v) is 5.23. The average Bonchev–Trinajstić information content (AvgIpc) is 2.38. The fourth-order valence-corrected chi connectivity index (χ4v) is 2.10. The highest BCUT2D eigenvalue weighted by atomic mass is 79.9. The third kappa shape index (κ3) is 3.96. The highest BCUT2D eigenvalue weighted by Gasteiger charge is 2.16. The molecule has 0 spiro atoms. The van der Waals surface area contributed by atoms with Gasteiger partial charge in [0.15, 0.2) is 0 Å². The van der Waals surface area contributed by atoms with E-state index in [-0.39, 0.29) is 18.2 Å². The van der Waals surface area contributed by atoms with Crippen molar-refractivity contribution in [3.8, 4) is 0 Å². The van der Waals surface area contributed by atoms with Gasteiger partial charge in [0.2, 0.25) is 5.91 Å². The smallest absolute Gasteiger partial charge is 0.253 e. The third-order valence-corrected chi connectivity index (χ3v) is 3.40. The molecule has 0 aliphatic carbocycles. The molecule has 0 saturated carbocycles. The van der Waals surface area contributed by atoms with E-state index in [1.54, 1.807) is 26.2 Å². The monoisotopic (exact) mass is 327 g/mol. The first-order valence-corrected chi connectivity index (χ1v) is 6.67. The number of halogens is 1. The van der Waals surface area contributed by atoms with Gasteiger partial charge >= 0.3 is 0 Å². The lowest BCUT2D eigenvalue weighted by molar-refractivity contribution is -0.120. The van der Waals surface area contributed by atoms with Crippen LogP contribution in [0.5, 0.6) is 0 Å². The zero-order valence-electron chi connectivity index (χ0n) is 11.3. The van der Waals surface area contributed by atoms with E-state index >= 15 is 0 Å². The normalized spacial score (nSPS) is 10.1. The quantitative estimate of drug-likeness (QED) is 0.824. The largest absolute Gasteiger partial charge is 0.398 e. The van der Waals surface area contributed by atoms with Crippen LogP contribution in [0.1, 0.15) is 22.3 Å². The van der Waals surface area contributed by atoms with E-state index in [1.807, 2.05) is 6.92 Å². The van der Waals surface area contributed by atoms with Crippen molar-refractivity contribution in [1.82, 2.24) is 10.2 Å². The van der Waals surface area contributed by atoms with Crippen molar-refractivity contribution in [2.24, 2.45) is 0 Å². The summed E-state index contributed by atoms with van der Waals surface area (Å²) in [4.78, 5) is 25.0. The van der Waals surface area contributed by atoms with Crippen molar-refractivity contribution >= 4 is 33.4 Å². The molecule has 0 fully saturated rings. The van der Waals surface area contributed by atoms with Crippen LogP contribution in [0.25, 0.3) is 0 Å².